The van der Waals surface area contributed by atoms with E-state index in [1.54, 1.807) is 11.0 Å². The highest BCUT2D eigenvalue weighted by atomic mass is 15.3. The van der Waals surface area contributed by atoms with E-state index in [-0.39, 0.29) is 0 Å². The smallest absolute Gasteiger partial charge is 0.150 e. The number of rotatable bonds is 3. The summed E-state index contributed by atoms with van der Waals surface area (Å²) in [6.07, 6.45) is 8.82. The fraction of sp³-hybridized carbons (Fsp3) is 0.667. The van der Waals surface area contributed by atoms with Crippen LogP contribution in [-0.4, -0.2) is 27.4 Å². The molecular formula is C12H20N4. The summed E-state index contributed by atoms with van der Waals surface area (Å²) in [6, 6.07) is 0.651. The molecule has 0 aromatic carbocycles. The van der Waals surface area contributed by atoms with E-state index in [0.29, 0.717) is 6.04 Å². The summed E-state index contributed by atoms with van der Waals surface area (Å²) < 4.78 is 1.80. The van der Waals surface area contributed by atoms with Crippen LogP contribution in [-0.2, 0) is 7.05 Å². The van der Waals surface area contributed by atoms with Crippen LogP contribution >= 0.6 is 0 Å². The van der Waals surface area contributed by atoms with Crippen LogP contribution in [0.1, 0.15) is 38.4 Å². The Morgan fingerprint density at radius 2 is 2.50 bits per heavy atom. The molecule has 1 aromatic heterocycles. The molecule has 1 aliphatic rings. The van der Waals surface area contributed by atoms with Gasteiger partial charge in [-0.1, -0.05) is 12.0 Å². The number of nitrogens with one attached hydrogen (secondary N) is 1. The van der Waals surface area contributed by atoms with Crippen LogP contribution < -0.4 is 5.32 Å². The van der Waals surface area contributed by atoms with Crippen LogP contribution in [0.25, 0.3) is 6.08 Å². The molecule has 88 valence electrons. The van der Waals surface area contributed by atoms with Crippen molar-refractivity contribution in [1.29, 1.82) is 0 Å². The Balaban J connectivity index is 1.94. The van der Waals surface area contributed by atoms with Crippen molar-refractivity contribution in [3.63, 3.8) is 0 Å². The third-order valence-corrected chi connectivity index (χ3v) is 3.10. The molecule has 1 aliphatic heterocycles. The van der Waals surface area contributed by atoms with E-state index in [2.05, 4.69) is 28.4 Å². The van der Waals surface area contributed by atoms with Gasteiger partial charge in [0.25, 0.3) is 0 Å². The number of hydrogen-bond donors (Lipinski definition) is 1. The van der Waals surface area contributed by atoms with Crippen LogP contribution in [0.4, 0.5) is 0 Å². The zero-order valence-electron chi connectivity index (χ0n) is 10.1. The van der Waals surface area contributed by atoms with Crippen molar-refractivity contribution in [2.45, 2.75) is 38.6 Å². The highest BCUT2D eigenvalue weighted by Crippen LogP contribution is 2.16. The van der Waals surface area contributed by atoms with Gasteiger partial charge in [0.1, 0.15) is 12.2 Å². The minimum absolute atomic E-state index is 0.651. The normalized spacial score (nSPS) is 22.4. The molecule has 1 unspecified atom stereocenters. The molecule has 1 atom stereocenters. The van der Waals surface area contributed by atoms with Crippen LogP contribution in [0.2, 0.25) is 0 Å². The molecule has 1 N–H and O–H groups in total. The van der Waals surface area contributed by atoms with Crippen molar-refractivity contribution in [3.05, 3.63) is 17.7 Å². The Kier molecular flexibility index (Phi) is 3.72. The summed E-state index contributed by atoms with van der Waals surface area (Å²) in [4.78, 5) is 4.20. The van der Waals surface area contributed by atoms with Gasteiger partial charge >= 0.3 is 0 Å². The molecule has 2 heterocycles. The molecule has 4 nitrogen and oxygen atoms in total. The van der Waals surface area contributed by atoms with Crippen molar-refractivity contribution < 1.29 is 0 Å². The van der Waals surface area contributed by atoms with E-state index in [4.69, 9.17) is 0 Å². The average Bonchev–Trinajstić information content (AvgIpc) is 2.66. The molecule has 0 aliphatic carbocycles. The lowest BCUT2D eigenvalue weighted by atomic mass is 9.98. The second-order valence-electron chi connectivity index (χ2n) is 4.58. The summed E-state index contributed by atoms with van der Waals surface area (Å²) in [5.41, 5.74) is 1.37. The van der Waals surface area contributed by atoms with Gasteiger partial charge in [0, 0.05) is 13.1 Å². The Labute approximate surface area is 96.8 Å². The lowest BCUT2D eigenvalue weighted by Crippen LogP contribution is -2.33. The minimum Gasteiger partial charge on any atom is -0.314 e. The van der Waals surface area contributed by atoms with Crippen molar-refractivity contribution in [3.8, 4) is 0 Å². The molecular weight excluding hydrogens is 200 g/mol. The molecule has 0 amide bonds. The van der Waals surface area contributed by atoms with E-state index in [9.17, 15) is 0 Å². The van der Waals surface area contributed by atoms with Crippen molar-refractivity contribution >= 4 is 6.08 Å². The van der Waals surface area contributed by atoms with Crippen molar-refractivity contribution in [2.24, 2.45) is 7.05 Å². The molecule has 4 heteroatoms. The Morgan fingerprint density at radius 1 is 1.62 bits per heavy atom. The minimum atomic E-state index is 0.651. The molecule has 1 saturated heterocycles. The average molecular weight is 220 g/mol. The van der Waals surface area contributed by atoms with Gasteiger partial charge in [0.15, 0.2) is 0 Å². The number of nitrogens with zero attached hydrogens (tertiary/aromatic N) is 3. The third-order valence-electron chi connectivity index (χ3n) is 3.10. The van der Waals surface area contributed by atoms with Gasteiger partial charge in [-0.15, -0.1) is 0 Å². The maximum atomic E-state index is 4.20. The third kappa shape index (κ3) is 2.92. The molecule has 0 spiro atoms. The molecule has 0 bridgehead atoms. The first kappa shape index (κ1) is 11.3. The van der Waals surface area contributed by atoms with Gasteiger partial charge in [0.05, 0.1) is 0 Å². The van der Waals surface area contributed by atoms with Gasteiger partial charge in [0.2, 0.25) is 0 Å². The molecule has 1 fully saturated rings. The molecule has 0 saturated carbocycles. The summed E-state index contributed by atoms with van der Waals surface area (Å²) in [5, 5.41) is 7.62. The van der Waals surface area contributed by atoms with Gasteiger partial charge in [-0.25, -0.2) is 9.67 Å². The highest BCUT2D eigenvalue weighted by Gasteiger charge is 2.12. The van der Waals surface area contributed by atoms with Crippen LogP contribution in [0, 0.1) is 0 Å². The first-order valence-electron chi connectivity index (χ1n) is 6.00. The van der Waals surface area contributed by atoms with E-state index in [1.807, 2.05) is 7.05 Å². The maximum Gasteiger partial charge on any atom is 0.150 e. The second-order valence-corrected chi connectivity index (χ2v) is 4.58. The summed E-state index contributed by atoms with van der Waals surface area (Å²) in [6.45, 7) is 3.34. The predicted molar refractivity (Wildman–Crippen MR) is 64.9 cm³/mol. The fourth-order valence-electron chi connectivity index (χ4n) is 2.20. The number of hydrogen-bond acceptors (Lipinski definition) is 3. The van der Waals surface area contributed by atoms with E-state index in [1.165, 1.54) is 31.4 Å². The van der Waals surface area contributed by atoms with Crippen LogP contribution in [0.3, 0.4) is 0 Å². The summed E-state index contributed by atoms with van der Waals surface area (Å²) >= 11 is 0. The molecule has 1 aromatic rings. The van der Waals surface area contributed by atoms with Gasteiger partial charge in [-0.2, -0.15) is 5.10 Å². The largest absolute Gasteiger partial charge is 0.314 e. The zero-order chi connectivity index (χ0) is 11.4. The first-order chi connectivity index (χ1) is 7.75. The van der Waals surface area contributed by atoms with Crippen LogP contribution in [0.5, 0.6) is 0 Å². The molecule has 0 radical (unpaired) electrons. The number of aromatic nitrogens is 3. The summed E-state index contributed by atoms with van der Waals surface area (Å²) in [5.74, 6) is 0.938. The molecule has 2 rings (SSSR count). The van der Waals surface area contributed by atoms with E-state index >= 15 is 0 Å². The van der Waals surface area contributed by atoms with Gasteiger partial charge < -0.3 is 5.32 Å². The molecule has 16 heavy (non-hydrogen) atoms. The van der Waals surface area contributed by atoms with Gasteiger partial charge in [-0.05, 0) is 38.8 Å². The Bertz CT molecular complexity index is 361. The number of aryl methyl sites for hydroxylation is 1. The van der Waals surface area contributed by atoms with E-state index < -0.39 is 0 Å². The van der Waals surface area contributed by atoms with Crippen molar-refractivity contribution in [2.75, 3.05) is 6.54 Å². The standard InChI is InChI=1S/C12H20N4/c1-10(7-11-5-3-4-6-13-11)8-12-14-9-15-16(12)2/h8-9,11,13H,3-7H2,1-2H3. The lowest BCUT2D eigenvalue weighted by molar-refractivity contribution is 0.399. The van der Waals surface area contributed by atoms with Gasteiger partial charge in [-0.3, -0.25) is 0 Å². The monoisotopic (exact) mass is 220 g/mol. The maximum absolute atomic E-state index is 4.20. The number of piperidine rings is 1. The highest BCUT2D eigenvalue weighted by molar-refractivity contribution is 5.44. The van der Waals surface area contributed by atoms with E-state index in [0.717, 1.165) is 12.2 Å². The van der Waals surface area contributed by atoms with Crippen LogP contribution in [0.15, 0.2) is 11.9 Å². The SMILES string of the molecule is CC(=Cc1ncnn1C)CC1CCCCN1. The van der Waals surface area contributed by atoms with Crippen molar-refractivity contribution in [1.82, 2.24) is 20.1 Å². The second kappa shape index (κ2) is 5.25. The quantitative estimate of drug-likeness (QED) is 0.844. The Hall–Kier alpha value is -1.16. The lowest BCUT2D eigenvalue weighted by Gasteiger charge is -2.23. The Morgan fingerprint density at radius 3 is 3.12 bits per heavy atom. The predicted octanol–water partition coefficient (Wildman–Crippen LogP) is 1.75. The zero-order valence-corrected chi connectivity index (χ0v) is 10.1. The summed E-state index contributed by atoms with van der Waals surface area (Å²) in [7, 11) is 1.92. The first-order valence-corrected chi connectivity index (χ1v) is 6.00. The topological polar surface area (TPSA) is 42.7 Å². The fourth-order valence-corrected chi connectivity index (χ4v) is 2.20.